The van der Waals surface area contributed by atoms with Crippen LogP contribution in [0.3, 0.4) is 0 Å². The molecule has 1 aliphatic carbocycles. The van der Waals surface area contributed by atoms with E-state index >= 15 is 0 Å². The second-order valence-electron chi connectivity index (χ2n) is 6.86. The molecule has 1 saturated carbocycles. The standard InChI is InChI=1S/C19H28N2O2/c1-15(23-17-7-4-2-3-5-8-17)19(22)21-14-6-9-18(21)16-10-12-20-13-11-16/h10-13,15,17-18H,2-9,14H2,1H3/t15-,18+/m0/s1. The number of nitrogens with zero attached hydrogens (tertiary/aromatic N) is 2. The van der Waals surface area contributed by atoms with Crippen LogP contribution in [0.1, 0.15) is 69.9 Å². The maximum absolute atomic E-state index is 12.9. The molecule has 0 spiro atoms. The Morgan fingerprint density at radius 3 is 2.52 bits per heavy atom. The van der Waals surface area contributed by atoms with Gasteiger partial charge in [0.1, 0.15) is 6.10 Å². The second-order valence-corrected chi connectivity index (χ2v) is 6.86. The van der Waals surface area contributed by atoms with Gasteiger partial charge in [-0.2, -0.15) is 0 Å². The Morgan fingerprint density at radius 1 is 1.13 bits per heavy atom. The summed E-state index contributed by atoms with van der Waals surface area (Å²) >= 11 is 0. The number of carbonyl (C=O) groups excluding carboxylic acids is 1. The molecule has 0 aromatic carbocycles. The van der Waals surface area contributed by atoms with Crippen molar-refractivity contribution >= 4 is 5.91 Å². The largest absolute Gasteiger partial charge is 0.365 e. The van der Waals surface area contributed by atoms with E-state index in [0.717, 1.165) is 32.2 Å². The monoisotopic (exact) mass is 316 g/mol. The Morgan fingerprint density at radius 2 is 1.83 bits per heavy atom. The van der Waals surface area contributed by atoms with Gasteiger partial charge >= 0.3 is 0 Å². The SMILES string of the molecule is C[C@H](OC1CCCCCC1)C(=O)N1CCC[C@@H]1c1ccncc1. The molecule has 4 nitrogen and oxygen atoms in total. The molecule has 1 amide bonds. The first-order valence-electron chi connectivity index (χ1n) is 9.11. The van der Waals surface area contributed by atoms with Gasteiger partial charge in [0.15, 0.2) is 0 Å². The van der Waals surface area contributed by atoms with E-state index in [1.165, 1.54) is 31.2 Å². The number of ether oxygens (including phenoxy) is 1. The fourth-order valence-corrected chi connectivity index (χ4v) is 3.92. The fraction of sp³-hybridized carbons (Fsp3) is 0.684. The van der Waals surface area contributed by atoms with Crippen LogP contribution in [0.15, 0.2) is 24.5 Å². The Kier molecular flexibility index (Phi) is 5.65. The lowest BCUT2D eigenvalue weighted by atomic mass is 10.1. The summed E-state index contributed by atoms with van der Waals surface area (Å²) in [4.78, 5) is 19.0. The first-order valence-corrected chi connectivity index (χ1v) is 9.11. The Hall–Kier alpha value is -1.42. The van der Waals surface area contributed by atoms with Gasteiger partial charge in [-0.25, -0.2) is 0 Å². The summed E-state index contributed by atoms with van der Waals surface area (Å²) in [6.45, 7) is 2.76. The highest BCUT2D eigenvalue weighted by molar-refractivity contribution is 5.81. The van der Waals surface area contributed by atoms with Crippen molar-refractivity contribution in [1.82, 2.24) is 9.88 Å². The minimum Gasteiger partial charge on any atom is -0.365 e. The van der Waals surface area contributed by atoms with Crippen LogP contribution in [0.4, 0.5) is 0 Å². The van der Waals surface area contributed by atoms with Crippen molar-refractivity contribution in [3.8, 4) is 0 Å². The van der Waals surface area contributed by atoms with Crippen molar-refractivity contribution in [1.29, 1.82) is 0 Å². The van der Waals surface area contributed by atoms with E-state index in [4.69, 9.17) is 4.74 Å². The van der Waals surface area contributed by atoms with Crippen LogP contribution in [-0.2, 0) is 9.53 Å². The summed E-state index contributed by atoms with van der Waals surface area (Å²) in [5, 5.41) is 0. The molecular formula is C19H28N2O2. The highest BCUT2D eigenvalue weighted by Gasteiger charge is 2.33. The predicted molar refractivity (Wildman–Crippen MR) is 90.0 cm³/mol. The summed E-state index contributed by atoms with van der Waals surface area (Å²) < 4.78 is 6.13. The van der Waals surface area contributed by atoms with Crippen LogP contribution >= 0.6 is 0 Å². The van der Waals surface area contributed by atoms with Crippen LogP contribution in [0, 0.1) is 0 Å². The molecular weight excluding hydrogens is 288 g/mol. The molecule has 3 rings (SSSR count). The van der Waals surface area contributed by atoms with Crippen molar-refractivity contribution < 1.29 is 9.53 Å². The molecule has 2 fully saturated rings. The molecule has 4 heteroatoms. The quantitative estimate of drug-likeness (QED) is 0.792. The van der Waals surface area contributed by atoms with E-state index in [2.05, 4.69) is 4.98 Å². The van der Waals surface area contributed by atoms with E-state index in [-0.39, 0.29) is 24.2 Å². The predicted octanol–water partition coefficient (Wildman–Crippen LogP) is 3.87. The maximum atomic E-state index is 12.9. The summed E-state index contributed by atoms with van der Waals surface area (Å²) in [5.74, 6) is 0.147. The van der Waals surface area contributed by atoms with Gasteiger partial charge in [-0.1, -0.05) is 25.7 Å². The number of hydrogen-bond acceptors (Lipinski definition) is 3. The van der Waals surface area contributed by atoms with Crippen LogP contribution in [-0.4, -0.2) is 34.5 Å². The molecule has 2 atom stereocenters. The third-order valence-electron chi connectivity index (χ3n) is 5.17. The Balaban J connectivity index is 1.61. The van der Waals surface area contributed by atoms with Gasteiger partial charge in [-0.05, 0) is 50.3 Å². The first-order chi connectivity index (χ1) is 11.3. The molecule has 0 unspecified atom stereocenters. The lowest BCUT2D eigenvalue weighted by Crippen LogP contribution is -2.40. The van der Waals surface area contributed by atoms with Gasteiger partial charge in [0.05, 0.1) is 12.1 Å². The van der Waals surface area contributed by atoms with Crippen LogP contribution in [0.25, 0.3) is 0 Å². The maximum Gasteiger partial charge on any atom is 0.251 e. The number of hydrogen-bond donors (Lipinski definition) is 0. The van der Waals surface area contributed by atoms with Crippen molar-refractivity contribution in [3.63, 3.8) is 0 Å². The molecule has 2 heterocycles. The van der Waals surface area contributed by atoms with Gasteiger partial charge in [0.2, 0.25) is 0 Å². The number of aromatic nitrogens is 1. The Bertz CT molecular complexity index is 497. The molecule has 1 aliphatic heterocycles. The highest BCUT2D eigenvalue weighted by atomic mass is 16.5. The summed E-state index contributed by atoms with van der Waals surface area (Å²) in [6.07, 6.45) is 12.9. The van der Waals surface area contributed by atoms with Crippen LogP contribution in [0.2, 0.25) is 0 Å². The third-order valence-corrected chi connectivity index (χ3v) is 5.17. The minimum absolute atomic E-state index is 0.147. The van der Waals surface area contributed by atoms with Crippen molar-refractivity contribution in [3.05, 3.63) is 30.1 Å². The lowest BCUT2D eigenvalue weighted by molar-refractivity contribution is -0.147. The smallest absolute Gasteiger partial charge is 0.251 e. The zero-order valence-corrected chi connectivity index (χ0v) is 14.1. The molecule has 0 bridgehead atoms. The van der Waals surface area contributed by atoms with E-state index < -0.39 is 0 Å². The number of likely N-dealkylation sites (tertiary alicyclic amines) is 1. The van der Waals surface area contributed by atoms with E-state index in [1.54, 1.807) is 0 Å². The third kappa shape index (κ3) is 4.11. The van der Waals surface area contributed by atoms with Gasteiger partial charge in [0, 0.05) is 18.9 Å². The second kappa shape index (κ2) is 7.91. The van der Waals surface area contributed by atoms with E-state index in [1.807, 2.05) is 36.4 Å². The van der Waals surface area contributed by atoms with Crippen LogP contribution in [0.5, 0.6) is 0 Å². The average molecular weight is 316 g/mol. The van der Waals surface area contributed by atoms with E-state index in [0.29, 0.717) is 0 Å². The van der Waals surface area contributed by atoms with Gasteiger partial charge in [-0.15, -0.1) is 0 Å². The van der Waals surface area contributed by atoms with Gasteiger partial charge in [0.25, 0.3) is 5.91 Å². The Labute approximate surface area is 139 Å². The molecule has 0 radical (unpaired) electrons. The highest BCUT2D eigenvalue weighted by Crippen LogP contribution is 2.32. The summed E-state index contributed by atoms with van der Waals surface area (Å²) in [6, 6.07) is 4.23. The molecule has 1 aromatic heterocycles. The molecule has 23 heavy (non-hydrogen) atoms. The molecule has 126 valence electrons. The molecule has 2 aliphatic rings. The minimum atomic E-state index is -0.333. The van der Waals surface area contributed by atoms with Crippen LogP contribution < -0.4 is 0 Å². The number of carbonyl (C=O) groups is 1. The number of rotatable bonds is 4. The summed E-state index contributed by atoms with van der Waals surface area (Å²) in [5.41, 5.74) is 1.19. The van der Waals surface area contributed by atoms with Crippen molar-refractivity contribution in [2.45, 2.75) is 76.5 Å². The van der Waals surface area contributed by atoms with Gasteiger partial charge < -0.3 is 9.64 Å². The zero-order chi connectivity index (χ0) is 16.1. The number of pyridine rings is 1. The molecule has 0 N–H and O–H groups in total. The topological polar surface area (TPSA) is 42.4 Å². The molecule has 1 aromatic rings. The lowest BCUT2D eigenvalue weighted by Gasteiger charge is -2.29. The van der Waals surface area contributed by atoms with Crippen molar-refractivity contribution in [2.75, 3.05) is 6.54 Å². The normalized spacial score (nSPS) is 24.4. The van der Waals surface area contributed by atoms with E-state index in [9.17, 15) is 4.79 Å². The van der Waals surface area contributed by atoms with Gasteiger partial charge in [-0.3, -0.25) is 9.78 Å². The molecule has 1 saturated heterocycles. The zero-order valence-electron chi connectivity index (χ0n) is 14.1. The number of amides is 1. The summed E-state index contributed by atoms with van der Waals surface area (Å²) in [7, 11) is 0. The first kappa shape index (κ1) is 16.4. The fourth-order valence-electron chi connectivity index (χ4n) is 3.92. The van der Waals surface area contributed by atoms with Crippen molar-refractivity contribution in [2.24, 2.45) is 0 Å². The average Bonchev–Trinajstić information content (AvgIpc) is 2.93.